The van der Waals surface area contributed by atoms with Crippen LogP contribution in [0.25, 0.3) is 0 Å². The van der Waals surface area contributed by atoms with Gasteiger partial charge in [0.25, 0.3) is 0 Å². The number of rotatable bonds is 7. The van der Waals surface area contributed by atoms with Gasteiger partial charge >= 0.3 is 5.97 Å². The van der Waals surface area contributed by atoms with Gasteiger partial charge in [-0.05, 0) is 37.8 Å². The Kier molecular flexibility index (Phi) is 6.04. The van der Waals surface area contributed by atoms with Crippen LogP contribution in [0.5, 0.6) is 0 Å². The topological polar surface area (TPSA) is 89.9 Å². The Morgan fingerprint density at radius 1 is 1.36 bits per heavy atom. The van der Waals surface area contributed by atoms with E-state index in [0.717, 1.165) is 5.82 Å². The first-order valence-corrected chi connectivity index (χ1v) is 10.5. The maximum absolute atomic E-state index is 13.0. The minimum atomic E-state index is -0.447. The second-order valence-electron chi connectivity index (χ2n) is 6.45. The van der Waals surface area contributed by atoms with Gasteiger partial charge in [-0.2, -0.15) is 0 Å². The van der Waals surface area contributed by atoms with E-state index in [1.165, 1.54) is 23.7 Å². The number of carbonyl (C=O) groups excluding carboxylic acids is 2. The molecule has 3 heterocycles. The Hall–Kier alpha value is -2.39. The number of thiophene rings is 1. The zero-order valence-electron chi connectivity index (χ0n) is 16.4. The number of nitrogens with one attached hydrogen (secondary N) is 1. The number of hydrogen-bond acceptors (Lipinski definition) is 7. The van der Waals surface area contributed by atoms with Gasteiger partial charge in [-0.1, -0.05) is 17.8 Å². The van der Waals surface area contributed by atoms with E-state index in [9.17, 15) is 9.59 Å². The van der Waals surface area contributed by atoms with E-state index < -0.39 is 5.97 Å². The summed E-state index contributed by atoms with van der Waals surface area (Å²) in [6, 6.07) is 4.07. The molecule has 28 heavy (non-hydrogen) atoms. The molecule has 3 rings (SSSR count). The Balaban J connectivity index is 1.77. The number of methoxy groups -OCH3 is 1. The molecule has 0 saturated heterocycles. The third-order valence-electron chi connectivity index (χ3n) is 4.56. The number of hydrogen-bond donors (Lipinski definition) is 1. The smallest absolute Gasteiger partial charge is 0.339 e. The highest BCUT2D eigenvalue weighted by molar-refractivity contribution is 8.00. The van der Waals surface area contributed by atoms with Crippen LogP contribution in [0.3, 0.4) is 0 Å². The van der Waals surface area contributed by atoms with Crippen LogP contribution in [0.1, 0.15) is 49.7 Å². The number of nitrogens with zero attached hydrogens (tertiary/aromatic N) is 3. The summed E-state index contributed by atoms with van der Waals surface area (Å²) in [4.78, 5) is 29.2. The molecule has 3 aromatic rings. The molecule has 0 aliphatic carbocycles. The van der Waals surface area contributed by atoms with E-state index in [2.05, 4.69) is 21.2 Å². The molecule has 0 aromatic carbocycles. The van der Waals surface area contributed by atoms with Gasteiger partial charge in [-0.3, -0.25) is 4.79 Å². The fourth-order valence-corrected chi connectivity index (χ4v) is 4.58. The predicted octanol–water partition coefficient (Wildman–Crippen LogP) is 3.56. The summed E-state index contributed by atoms with van der Waals surface area (Å²) in [7, 11) is 3.23. The molecule has 0 unspecified atom stereocenters. The SMILES string of the molecule is COC(=O)c1c(C)[nH]c(C(=O)[C@@H](C)Sc2nnc(Cc3cccs3)n2C)c1C. The van der Waals surface area contributed by atoms with Crippen molar-refractivity contribution in [3.63, 3.8) is 0 Å². The molecule has 9 heteroatoms. The van der Waals surface area contributed by atoms with Crippen molar-refractivity contribution < 1.29 is 14.3 Å². The van der Waals surface area contributed by atoms with Crippen LogP contribution in [-0.4, -0.2) is 43.9 Å². The summed E-state index contributed by atoms with van der Waals surface area (Å²) in [5.74, 6) is 0.310. The van der Waals surface area contributed by atoms with Crippen LogP contribution in [0.2, 0.25) is 0 Å². The number of esters is 1. The molecule has 0 fully saturated rings. The van der Waals surface area contributed by atoms with Crippen molar-refractivity contribution >= 4 is 34.9 Å². The number of ketones is 1. The van der Waals surface area contributed by atoms with E-state index in [-0.39, 0.29) is 11.0 Å². The third kappa shape index (κ3) is 3.90. The van der Waals surface area contributed by atoms with E-state index >= 15 is 0 Å². The highest BCUT2D eigenvalue weighted by atomic mass is 32.2. The molecule has 0 saturated carbocycles. The molecule has 0 amide bonds. The van der Waals surface area contributed by atoms with Crippen molar-refractivity contribution in [2.75, 3.05) is 7.11 Å². The van der Waals surface area contributed by atoms with E-state index in [4.69, 9.17) is 4.74 Å². The quantitative estimate of drug-likeness (QED) is 0.358. The molecule has 0 radical (unpaired) electrons. The second-order valence-corrected chi connectivity index (χ2v) is 8.80. The summed E-state index contributed by atoms with van der Waals surface area (Å²) < 4.78 is 6.73. The lowest BCUT2D eigenvalue weighted by atomic mass is 10.1. The van der Waals surface area contributed by atoms with Crippen molar-refractivity contribution in [3.05, 3.63) is 50.7 Å². The number of ether oxygens (including phenoxy) is 1. The fraction of sp³-hybridized carbons (Fsp3) is 0.368. The maximum Gasteiger partial charge on any atom is 0.339 e. The maximum atomic E-state index is 13.0. The van der Waals surface area contributed by atoms with Crippen LogP contribution in [0.4, 0.5) is 0 Å². The van der Waals surface area contributed by atoms with Gasteiger partial charge in [0, 0.05) is 24.0 Å². The van der Waals surface area contributed by atoms with Crippen LogP contribution in [-0.2, 0) is 18.2 Å². The molecule has 1 N–H and O–H groups in total. The monoisotopic (exact) mass is 418 g/mol. The van der Waals surface area contributed by atoms with Crippen molar-refractivity contribution in [2.24, 2.45) is 7.05 Å². The lowest BCUT2D eigenvalue weighted by Crippen LogP contribution is -2.16. The van der Waals surface area contributed by atoms with Gasteiger partial charge in [0.2, 0.25) is 0 Å². The van der Waals surface area contributed by atoms with Gasteiger partial charge in [0.1, 0.15) is 5.82 Å². The lowest BCUT2D eigenvalue weighted by Gasteiger charge is -2.10. The number of Topliss-reactive ketones (excluding diaryl/α,β-unsaturated/α-hetero) is 1. The normalized spacial score (nSPS) is 12.2. The highest BCUT2D eigenvalue weighted by Crippen LogP contribution is 2.27. The molecule has 0 aliphatic rings. The Labute approximate surface area is 171 Å². The zero-order chi connectivity index (χ0) is 20.4. The van der Waals surface area contributed by atoms with Gasteiger partial charge in [0.05, 0.1) is 23.6 Å². The number of thioether (sulfide) groups is 1. The number of carbonyl (C=O) groups is 2. The average Bonchev–Trinajstić information content (AvgIpc) is 3.37. The molecule has 148 valence electrons. The molecule has 0 spiro atoms. The van der Waals surface area contributed by atoms with Crippen LogP contribution in [0.15, 0.2) is 22.7 Å². The fourth-order valence-electron chi connectivity index (χ4n) is 2.99. The minimum absolute atomic E-state index is 0.0939. The van der Waals surface area contributed by atoms with Crippen LogP contribution < -0.4 is 0 Å². The average molecular weight is 419 g/mol. The molecular formula is C19H22N4O3S2. The summed E-state index contributed by atoms with van der Waals surface area (Å²) >= 11 is 3.03. The molecule has 0 aliphatic heterocycles. The summed E-state index contributed by atoms with van der Waals surface area (Å²) in [6.45, 7) is 5.34. The van der Waals surface area contributed by atoms with Crippen molar-refractivity contribution in [1.82, 2.24) is 19.7 Å². The number of aryl methyl sites for hydroxylation is 1. The Morgan fingerprint density at radius 2 is 2.11 bits per heavy atom. The summed E-state index contributed by atoms with van der Waals surface area (Å²) in [5.41, 5.74) is 2.08. The molecule has 1 atom stereocenters. The van der Waals surface area contributed by atoms with Crippen molar-refractivity contribution in [1.29, 1.82) is 0 Å². The minimum Gasteiger partial charge on any atom is -0.465 e. The van der Waals surface area contributed by atoms with Gasteiger partial charge in [-0.25, -0.2) is 4.79 Å². The summed E-state index contributed by atoms with van der Waals surface area (Å²) in [6.07, 6.45) is 0.710. The summed E-state index contributed by atoms with van der Waals surface area (Å²) in [5, 5.41) is 10.8. The first-order chi connectivity index (χ1) is 13.3. The van der Waals surface area contributed by atoms with E-state index in [1.807, 2.05) is 30.0 Å². The van der Waals surface area contributed by atoms with Crippen LogP contribution >= 0.6 is 23.1 Å². The first kappa shape index (κ1) is 20.3. The first-order valence-electron chi connectivity index (χ1n) is 8.72. The van der Waals surface area contributed by atoms with Crippen molar-refractivity contribution in [2.45, 2.75) is 37.6 Å². The van der Waals surface area contributed by atoms with Crippen LogP contribution in [0, 0.1) is 13.8 Å². The zero-order valence-corrected chi connectivity index (χ0v) is 18.0. The van der Waals surface area contributed by atoms with Gasteiger partial charge in [-0.15, -0.1) is 21.5 Å². The number of aromatic amines is 1. The molecule has 7 nitrogen and oxygen atoms in total. The van der Waals surface area contributed by atoms with E-state index in [1.54, 1.807) is 25.2 Å². The third-order valence-corrected chi connectivity index (χ3v) is 6.57. The Bertz CT molecular complexity index is 1000. The van der Waals surface area contributed by atoms with Gasteiger partial charge < -0.3 is 14.3 Å². The number of H-pyrrole nitrogens is 1. The molecule has 0 bridgehead atoms. The largest absolute Gasteiger partial charge is 0.465 e. The highest BCUT2D eigenvalue weighted by Gasteiger charge is 2.27. The molecular weight excluding hydrogens is 396 g/mol. The second kappa shape index (κ2) is 8.32. The lowest BCUT2D eigenvalue weighted by molar-refractivity contribution is 0.0599. The van der Waals surface area contributed by atoms with Gasteiger partial charge in [0.15, 0.2) is 10.9 Å². The Morgan fingerprint density at radius 3 is 2.75 bits per heavy atom. The molecule has 3 aromatic heterocycles. The standard InChI is InChI=1S/C19H22N4O3S2/c1-10-15(18(25)26-5)11(2)20-16(10)17(24)12(3)28-19-22-21-14(23(19)4)9-13-7-6-8-27-13/h6-8,12,20H,9H2,1-5H3/t12-/m1/s1. The number of aromatic nitrogens is 4. The van der Waals surface area contributed by atoms with Crippen molar-refractivity contribution in [3.8, 4) is 0 Å². The predicted molar refractivity (Wildman–Crippen MR) is 109 cm³/mol. The van der Waals surface area contributed by atoms with E-state index in [0.29, 0.717) is 34.1 Å².